The molecule has 1 heterocycles. The first kappa shape index (κ1) is 11.2. The Bertz CT molecular complexity index is 714. The zero-order valence-corrected chi connectivity index (χ0v) is 10.6. The highest BCUT2D eigenvalue weighted by atomic mass is 32.1. The number of benzene rings is 2. The third kappa shape index (κ3) is 1.66. The largest absolute Gasteiger partial charge is 0.383 e. The summed E-state index contributed by atoms with van der Waals surface area (Å²) in [6, 6.07) is 10.6. The minimum absolute atomic E-state index is 0.212. The fourth-order valence-electron chi connectivity index (χ4n) is 1.97. The second kappa shape index (κ2) is 4.07. The number of hydrogen-bond donors (Lipinski definition) is 1. The lowest BCUT2D eigenvalue weighted by molar-refractivity contribution is 0.640. The molecule has 0 aliphatic carbocycles. The second-order valence-electron chi connectivity index (χ2n) is 4.10. The van der Waals surface area contributed by atoms with Crippen LogP contribution in [0.5, 0.6) is 0 Å². The van der Waals surface area contributed by atoms with Crippen LogP contribution in [0.1, 0.15) is 4.88 Å². The molecule has 0 radical (unpaired) electrons. The van der Waals surface area contributed by atoms with Gasteiger partial charge in [0.1, 0.15) is 16.6 Å². The molecule has 0 saturated heterocycles. The fraction of sp³-hybridized carbons (Fsp3) is 0.0714. The Balaban J connectivity index is 2.33. The summed E-state index contributed by atoms with van der Waals surface area (Å²) in [6.07, 6.45) is 0. The number of hydrogen-bond acceptors (Lipinski definition) is 3. The summed E-state index contributed by atoms with van der Waals surface area (Å²) in [6.45, 7) is 1.93. The average Bonchev–Trinajstić information content (AvgIpc) is 2.70. The standard InChI is InChI=1S/C14H11FN2S/c1-8-13(16)17-14(18-8)11-6-7-12(15)10-5-3-2-4-9(10)11/h2-7H,16H2,1H3. The highest BCUT2D eigenvalue weighted by Crippen LogP contribution is 2.34. The van der Waals surface area contributed by atoms with Crippen LogP contribution in [0.2, 0.25) is 0 Å². The summed E-state index contributed by atoms with van der Waals surface area (Å²) in [5.41, 5.74) is 6.70. The van der Waals surface area contributed by atoms with Gasteiger partial charge in [-0.25, -0.2) is 9.37 Å². The molecule has 2 nitrogen and oxygen atoms in total. The van der Waals surface area contributed by atoms with Crippen molar-refractivity contribution in [2.75, 3.05) is 5.73 Å². The lowest BCUT2D eigenvalue weighted by Gasteiger charge is -2.04. The van der Waals surface area contributed by atoms with Gasteiger partial charge < -0.3 is 5.73 Å². The van der Waals surface area contributed by atoms with Gasteiger partial charge in [-0.15, -0.1) is 11.3 Å². The Kier molecular flexibility index (Phi) is 2.52. The molecule has 0 bridgehead atoms. The summed E-state index contributed by atoms with van der Waals surface area (Å²) in [7, 11) is 0. The van der Waals surface area contributed by atoms with Gasteiger partial charge in [-0.2, -0.15) is 0 Å². The number of halogens is 1. The highest BCUT2D eigenvalue weighted by molar-refractivity contribution is 7.15. The molecule has 0 amide bonds. The van der Waals surface area contributed by atoms with E-state index in [4.69, 9.17) is 5.73 Å². The third-order valence-electron chi connectivity index (χ3n) is 2.93. The van der Waals surface area contributed by atoms with Crippen molar-refractivity contribution in [3.05, 3.63) is 47.1 Å². The first-order chi connectivity index (χ1) is 8.66. The molecule has 18 heavy (non-hydrogen) atoms. The molecule has 3 aromatic rings. The maximum atomic E-state index is 13.7. The van der Waals surface area contributed by atoms with Crippen LogP contribution in [0.25, 0.3) is 21.3 Å². The van der Waals surface area contributed by atoms with Crippen molar-refractivity contribution in [3.8, 4) is 10.6 Å². The molecule has 0 fully saturated rings. The average molecular weight is 258 g/mol. The Morgan fingerprint density at radius 1 is 1.11 bits per heavy atom. The second-order valence-corrected chi connectivity index (χ2v) is 5.30. The molecule has 0 aliphatic heterocycles. The minimum Gasteiger partial charge on any atom is -0.383 e. The zero-order chi connectivity index (χ0) is 12.7. The number of thiazole rings is 1. The number of fused-ring (bicyclic) bond motifs is 1. The van der Waals surface area contributed by atoms with E-state index in [0.717, 1.165) is 20.8 Å². The number of nitrogens with zero attached hydrogens (tertiary/aromatic N) is 1. The van der Waals surface area contributed by atoms with E-state index in [-0.39, 0.29) is 5.82 Å². The van der Waals surface area contributed by atoms with Crippen LogP contribution < -0.4 is 5.73 Å². The maximum absolute atomic E-state index is 13.7. The summed E-state index contributed by atoms with van der Waals surface area (Å²) >= 11 is 1.53. The molecule has 0 aliphatic rings. The first-order valence-corrected chi connectivity index (χ1v) is 6.39. The van der Waals surface area contributed by atoms with Crippen LogP contribution in [-0.4, -0.2) is 4.98 Å². The summed E-state index contributed by atoms with van der Waals surface area (Å²) in [4.78, 5) is 5.32. The Morgan fingerprint density at radius 3 is 2.50 bits per heavy atom. The summed E-state index contributed by atoms with van der Waals surface area (Å²) in [5.74, 6) is 0.332. The van der Waals surface area contributed by atoms with Crippen LogP contribution >= 0.6 is 11.3 Å². The third-order valence-corrected chi connectivity index (χ3v) is 3.95. The van der Waals surface area contributed by atoms with Crippen LogP contribution in [0.15, 0.2) is 36.4 Å². The van der Waals surface area contributed by atoms with Gasteiger partial charge in [-0.05, 0) is 24.4 Å². The molecule has 3 rings (SSSR count). The molecule has 0 unspecified atom stereocenters. The number of aromatic nitrogens is 1. The van der Waals surface area contributed by atoms with Crippen LogP contribution in [0, 0.1) is 12.7 Å². The van der Waals surface area contributed by atoms with Crippen molar-refractivity contribution < 1.29 is 4.39 Å². The normalized spacial score (nSPS) is 11.0. The molecule has 0 atom stereocenters. The quantitative estimate of drug-likeness (QED) is 0.716. The minimum atomic E-state index is -0.212. The topological polar surface area (TPSA) is 38.9 Å². The molecule has 0 saturated carbocycles. The number of anilines is 1. The molecule has 2 aromatic carbocycles. The van der Waals surface area contributed by atoms with Crippen molar-refractivity contribution >= 4 is 27.9 Å². The predicted octanol–water partition coefficient (Wildman–Crippen LogP) is 3.99. The fourth-order valence-corrected chi connectivity index (χ4v) is 2.84. The van der Waals surface area contributed by atoms with E-state index >= 15 is 0 Å². The summed E-state index contributed by atoms with van der Waals surface area (Å²) < 4.78 is 13.7. The number of aryl methyl sites for hydroxylation is 1. The highest BCUT2D eigenvalue weighted by Gasteiger charge is 2.11. The Labute approximate surface area is 108 Å². The van der Waals surface area contributed by atoms with Crippen LogP contribution in [-0.2, 0) is 0 Å². The van der Waals surface area contributed by atoms with E-state index in [1.165, 1.54) is 17.4 Å². The van der Waals surface area contributed by atoms with Crippen molar-refractivity contribution in [1.29, 1.82) is 0 Å². The van der Waals surface area contributed by atoms with Crippen molar-refractivity contribution in [2.24, 2.45) is 0 Å². The molecule has 0 spiro atoms. The SMILES string of the molecule is Cc1sc(-c2ccc(F)c3ccccc23)nc1N. The van der Waals surface area contributed by atoms with Crippen LogP contribution in [0.3, 0.4) is 0 Å². The van der Waals surface area contributed by atoms with E-state index < -0.39 is 0 Å². The van der Waals surface area contributed by atoms with E-state index in [0.29, 0.717) is 11.2 Å². The Morgan fingerprint density at radius 2 is 1.83 bits per heavy atom. The maximum Gasteiger partial charge on any atom is 0.138 e. The van der Waals surface area contributed by atoms with Gasteiger partial charge >= 0.3 is 0 Å². The molecule has 1 aromatic heterocycles. The molecular weight excluding hydrogens is 247 g/mol. The van der Waals surface area contributed by atoms with Gasteiger partial charge in [0.15, 0.2) is 0 Å². The molecule has 4 heteroatoms. The van der Waals surface area contributed by atoms with Crippen LogP contribution in [0.4, 0.5) is 10.2 Å². The van der Waals surface area contributed by atoms with Gasteiger partial charge in [-0.3, -0.25) is 0 Å². The van der Waals surface area contributed by atoms with Gasteiger partial charge in [0.25, 0.3) is 0 Å². The lowest BCUT2D eigenvalue weighted by atomic mass is 10.0. The van der Waals surface area contributed by atoms with E-state index in [1.807, 2.05) is 25.1 Å². The van der Waals surface area contributed by atoms with Gasteiger partial charge in [-0.1, -0.05) is 24.3 Å². The monoisotopic (exact) mass is 258 g/mol. The van der Waals surface area contributed by atoms with Gasteiger partial charge in [0.2, 0.25) is 0 Å². The molecular formula is C14H11FN2S. The van der Waals surface area contributed by atoms with Crippen molar-refractivity contribution in [1.82, 2.24) is 4.98 Å². The first-order valence-electron chi connectivity index (χ1n) is 5.57. The number of rotatable bonds is 1. The number of nitrogens with two attached hydrogens (primary N) is 1. The zero-order valence-electron chi connectivity index (χ0n) is 9.77. The smallest absolute Gasteiger partial charge is 0.138 e. The Hall–Kier alpha value is -1.94. The molecule has 2 N–H and O–H groups in total. The van der Waals surface area contributed by atoms with Gasteiger partial charge in [0, 0.05) is 15.8 Å². The number of nitrogen functional groups attached to an aromatic ring is 1. The van der Waals surface area contributed by atoms with E-state index in [1.54, 1.807) is 12.1 Å². The van der Waals surface area contributed by atoms with Crippen molar-refractivity contribution in [3.63, 3.8) is 0 Å². The molecule has 90 valence electrons. The van der Waals surface area contributed by atoms with Gasteiger partial charge in [0.05, 0.1) is 0 Å². The summed E-state index contributed by atoms with van der Waals surface area (Å²) in [5, 5.41) is 2.31. The van der Waals surface area contributed by atoms with E-state index in [2.05, 4.69) is 4.98 Å². The lowest BCUT2D eigenvalue weighted by Crippen LogP contribution is -1.87. The van der Waals surface area contributed by atoms with E-state index in [9.17, 15) is 4.39 Å². The predicted molar refractivity (Wildman–Crippen MR) is 74.2 cm³/mol. The van der Waals surface area contributed by atoms with Crippen molar-refractivity contribution in [2.45, 2.75) is 6.92 Å².